The summed E-state index contributed by atoms with van der Waals surface area (Å²) < 4.78 is 41.3. The van der Waals surface area contributed by atoms with Crippen molar-refractivity contribution in [2.24, 2.45) is 35.3 Å². The lowest BCUT2D eigenvalue weighted by Crippen LogP contribution is -2.59. The number of methoxy groups -OCH3 is 2. The fourth-order valence-electron chi connectivity index (χ4n) is 9.70. The number of anilines is 1. The van der Waals surface area contributed by atoms with E-state index < -0.39 is 88.2 Å². The van der Waals surface area contributed by atoms with E-state index in [2.05, 4.69) is 31.3 Å². The third-order valence-corrected chi connectivity index (χ3v) is 15.3. The molecule has 3 unspecified atom stereocenters. The molecule has 8 N–H and O–H groups in total. The molecular weight excluding hydrogens is 989 g/mol. The number of rotatable bonds is 31. The fourth-order valence-corrected chi connectivity index (χ4v) is 10.8. The van der Waals surface area contributed by atoms with E-state index in [0.717, 1.165) is 0 Å². The second kappa shape index (κ2) is 31.0. The monoisotopic (exact) mass is 1080 g/mol. The van der Waals surface area contributed by atoms with E-state index in [1.54, 1.807) is 30.7 Å². The van der Waals surface area contributed by atoms with Gasteiger partial charge in [0, 0.05) is 46.5 Å². The van der Waals surface area contributed by atoms with Crippen LogP contribution in [0.25, 0.3) is 0 Å². The molecule has 22 nitrogen and oxygen atoms in total. The van der Waals surface area contributed by atoms with Crippen molar-refractivity contribution in [3.8, 4) is 0 Å². The highest BCUT2D eigenvalue weighted by Gasteiger charge is 2.44. The van der Waals surface area contributed by atoms with Gasteiger partial charge in [-0.3, -0.25) is 38.5 Å². The van der Waals surface area contributed by atoms with Crippen LogP contribution < -0.4 is 37.0 Å². The zero-order chi connectivity index (χ0) is 57.1. The Bertz CT molecular complexity index is 2170. The van der Waals surface area contributed by atoms with Crippen molar-refractivity contribution in [2.75, 3.05) is 53.8 Å². The Morgan fingerprint density at radius 1 is 0.787 bits per heavy atom. The summed E-state index contributed by atoms with van der Waals surface area (Å²) in [5.74, 6) is -5.05. The van der Waals surface area contributed by atoms with E-state index in [0.29, 0.717) is 32.2 Å². The average Bonchev–Trinajstić information content (AvgIpc) is 3.82. The molecule has 1 aliphatic heterocycles. The smallest absolute Gasteiger partial charge is 0.312 e. The minimum absolute atomic E-state index is 0.0101. The number of likely N-dealkylation sites (N-methyl/N-ethyl adjacent to an activating group) is 2. The number of amides is 9. The van der Waals surface area contributed by atoms with E-state index >= 15 is 0 Å². The molecule has 1 aromatic carbocycles. The van der Waals surface area contributed by atoms with Crippen molar-refractivity contribution in [3.05, 3.63) is 24.3 Å². The van der Waals surface area contributed by atoms with E-state index in [9.17, 15) is 46.8 Å². The zero-order valence-corrected chi connectivity index (χ0v) is 47.9. The minimum atomic E-state index is -4.48. The number of carbonyl (C=O) groups is 8. The first kappa shape index (κ1) is 65.7. The van der Waals surface area contributed by atoms with Crippen LogP contribution in [0.2, 0.25) is 0 Å². The summed E-state index contributed by atoms with van der Waals surface area (Å²) in [4.78, 5) is 111. The molecule has 426 valence electrons. The number of benzene rings is 1. The van der Waals surface area contributed by atoms with Crippen molar-refractivity contribution in [2.45, 2.75) is 174 Å². The molecule has 2 rings (SSSR count). The van der Waals surface area contributed by atoms with Gasteiger partial charge < -0.3 is 51.6 Å². The van der Waals surface area contributed by atoms with Crippen LogP contribution in [0.4, 0.5) is 10.5 Å². The summed E-state index contributed by atoms with van der Waals surface area (Å²) in [7, 11) is 3.72. The minimum Gasteiger partial charge on any atom is -0.379 e. The molecule has 1 heterocycles. The first-order valence-corrected chi connectivity index (χ1v) is 27.8. The van der Waals surface area contributed by atoms with Gasteiger partial charge in [0.2, 0.25) is 41.4 Å². The van der Waals surface area contributed by atoms with Gasteiger partial charge in [-0.25, -0.2) is 17.9 Å². The molecule has 0 spiro atoms. The molecule has 1 aliphatic rings. The molecular formula is C52H90N10O12S. The van der Waals surface area contributed by atoms with Gasteiger partial charge in [0.25, 0.3) is 10.0 Å². The maximum absolute atomic E-state index is 14.4. The number of nitrogens with one attached hydrogen (secondary N) is 6. The highest BCUT2D eigenvalue weighted by atomic mass is 32.2. The molecule has 23 heteroatoms. The van der Waals surface area contributed by atoms with Crippen molar-refractivity contribution < 1.29 is 56.2 Å². The number of hydrogen-bond donors (Lipinski definition) is 7. The molecule has 0 saturated carbocycles. The fraction of sp³-hybridized carbons (Fsp3) is 0.731. The molecule has 0 aromatic heterocycles. The van der Waals surface area contributed by atoms with Crippen molar-refractivity contribution in [1.82, 2.24) is 40.7 Å². The normalized spacial score (nSPS) is 17.5. The van der Waals surface area contributed by atoms with Crippen molar-refractivity contribution >= 4 is 63.1 Å². The molecule has 0 radical (unpaired) electrons. The number of nitrogens with two attached hydrogens (primary N) is 1. The van der Waals surface area contributed by atoms with Crippen molar-refractivity contribution in [1.29, 1.82) is 0 Å². The quantitative estimate of drug-likeness (QED) is 0.0527. The largest absolute Gasteiger partial charge is 0.379 e. The summed E-state index contributed by atoms with van der Waals surface area (Å²) >= 11 is 0. The van der Waals surface area contributed by atoms with Gasteiger partial charge in [0.05, 0.1) is 47.6 Å². The summed E-state index contributed by atoms with van der Waals surface area (Å²) in [5, 5.41) is 13.5. The Balaban J connectivity index is 2.27. The van der Waals surface area contributed by atoms with Gasteiger partial charge in [-0.1, -0.05) is 75.7 Å². The van der Waals surface area contributed by atoms with Crippen LogP contribution in [0.15, 0.2) is 29.2 Å². The lowest BCUT2D eigenvalue weighted by molar-refractivity contribution is -0.148. The molecule has 1 fully saturated rings. The number of nitrogens with zero attached hydrogens (tertiary/aromatic N) is 3. The number of sulfonamides is 1. The van der Waals surface area contributed by atoms with Gasteiger partial charge >= 0.3 is 6.03 Å². The molecule has 10 atom stereocenters. The van der Waals surface area contributed by atoms with E-state index in [-0.39, 0.29) is 90.1 Å². The number of hydrogen-bond acceptors (Lipinski definition) is 13. The number of carbonyl (C=O) groups excluding carboxylic acids is 8. The van der Waals surface area contributed by atoms with Gasteiger partial charge in [0.15, 0.2) is 0 Å². The van der Waals surface area contributed by atoms with Crippen molar-refractivity contribution in [3.63, 3.8) is 0 Å². The van der Waals surface area contributed by atoms with Gasteiger partial charge in [-0.2, -0.15) is 0 Å². The summed E-state index contributed by atoms with van der Waals surface area (Å²) in [6.45, 7) is 18.9. The standard InChI is InChI=1S/C52H90N10O12S/c1-16-20-40(63)57-42(30(3)4)49(67)56-37(21-18-27-54-52(53)70)48(66)55-35-23-25-36(26-24-35)75(71,72)59-47(65)34(10)46(74-15)38-22-19-28-62(38)41(64)29-39(73-14)45(33(9)17-2)61(13)51(69)43(31(5)6)58-50(68)44(32(7)8)60(11)12/h23-26,30-34,37-39,42-46H,16-22,27-29H2,1-15H3,(H,55,66)(H,56,67)(H,57,63)(H,58,68)(H,59,65)(H3,53,54,70)/t33-,34+,37-,38-,39+,42?,43-,44?,45?,46+/m0/s1. The number of urea groups is 1. The Morgan fingerprint density at radius 2 is 1.40 bits per heavy atom. The van der Waals surface area contributed by atoms with Crippen LogP contribution in [0.3, 0.4) is 0 Å². The van der Waals surface area contributed by atoms with E-state index in [1.165, 1.54) is 45.4 Å². The van der Waals surface area contributed by atoms with Gasteiger partial charge in [-0.05, 0) is 94.1 Å². The molecule has 1 aromatic rings. The van der Waals surface area contributed by atoms with Crippen LogP contribution in [0, 0.1) is 29.6 Å². The number of likely N-dealkylation sites (tertiary alicyclic amines) is 1. The third kappa shape index (κ3) is 19.3. The Morgan fingerprint density at radius 3 is 1.91 bits per heavy atom. The summed E-state index contributed by atoms with van der Waals surface area (Å²) in [6, 6.07) is -0.269. The topological polar surface area (TPSA) is 297 Å². The maximum Gasteiger partial charge on any atom is 0.312 e. The van der Waals surface area contributed by atoms with Gasteiger partial charge in [0.1, 0.15) is 18.1 Å². The zero-order valence-electron chi connectivity index (χ0n) is 47.1. The lowest BCUT2D eigenvalue weighted by Gasteiger charge is -2.41. The molecule has 0 aliphatic carbocycles. The number of ether oxygens (including phenoxy) is 2. The van der Waals surface area contributed by atoms with Crippen LogP contribution in [-0.2, 0) is 53.1 Å². The first-order valence-electron chi connectivity index (χ1n) is 26.3. The average molecular weight is 1080 g/mol. The Hall–Kier alpha value is -5.39. The van der Waals surface area contributed by atoms with Gasteiger partial charge in [-0.15, -0.1) is 0 Å². The summed E-state index contributed by atoms with van der Waals surface area (Å²) in [5.41, 5.74) is 5.35. The predicted octanol–water partition coefficient (Wildman–Crippen LogP) is 2.95. The molecule has 9 amide bonds. The maximum atomic E-state index is 14.4. The highest BCUT2D eigenvalue weighted by Crippen LogP contribution is 2.30. The summed E-state index contributed by atoms with van der Waals surface area (Å²) in [6.07, 6.45) is 1.03. The van der Waals surface area contributed by atoms with Crippen LogP contribution in [0.1, 0.15) is 121 Å². The molecule has 0 bridgehead atoms. The SMILES string of the molecule is CCCC(=O)NC(C(=O)N[C@@H](CCCNC(N)=O)C(=O)Nc1ccc(S(=O)(=O)NC(=O)[C@H](C)[C@@H](OC)[C@@H]2CCCN2C(=O)C[C@@H](OC)C([C@@H](C)CC)N(C)C(=O)[C@@H](NC(=O)C(C(C)C)N(C)C)C(C)C)cc1)C(C)C. The van der Waals surface area contributed by atoms with E-state index in [1.807, 2.05) is 67.5 Å². The van der Waals surface area contributed by atoms with Crippen LogP contribution >= 0.6 is 0 Å². The second-order valence-electron chi connectivity index (χ2n) is 21.0. The molecule has 1 saturated heterocycles. The highest BCUT2D eigenvalue weighted by molar-refractivity contribution is 7.90. The first-order chi connectivity index (χ1) is 35.1. The second-order valence-corrected chi connectivity index (χ2v) is 22.7. The Kier molecular flexibility index (Phi) is 27.2. The number of primary amides is 1. The predicted molar refractivity (Wildman–Crippen MR) is 286 cm³/mol. The van der Waals surface area contributed by atoms with Crippen LogP contribution in [0.5, 0.6) is 0 Å². The van der Waals surface area contributed by atoms with E-state index in [4.69, 9.17) is 15.2 Å². The van der Waals surface area contributed by atoms with Crippen LogP contribution in [-0.4, -0.2) is 167 Å². The lowest BCUT2D eigenvalue weighted by atomic mass is 9.89. The Labute approximate surface area is 445 Å². The molecule has 75 heavy (non-hydrogen) atoms. The third-order valence-electron chi connectivity index (χ3n) is 14.0.